The van der Waals surface area contributed by atoms with Gasteiger partial charge in [0.05, 0.1) is 5.69 Å². The van der Waals surface area contributed by atoms with Gasteiger partial charge in [-0.15, -0.1) is 0 Å². The molecule has 3 rings (SSSR count). The Labute approximate surface area is 107 Å². The van der Waals surface area contributed by atoms with E-state index in [-0.39, 0.29) is 11.4 Å². The van der Waals surface area contributed by atoms with Gasteiger partial charge in [-0.2, -0.15) is 0 Å². The van der Waals surface area contributed by atoms with Crippen molar-refractivity contribution in [2.45, 2.75) is 37.8 Å². The number of carbonyl (C=O) groups excluding carboxylic acids is 1. The lowest BCUT2D eigenvalue weighted by atomic mass is 9.72. The van der Waals surface area contributed by atoms with Crippen LogP contribution in [0.25, 0.3) is 0 Å². The van der Waals surface area contributed by atoms with Crippen LogP contribution >= 0.6 is 0 Å². The topological polar surface area (TPSA) is 55.6 Å². The van der Waals surface area contributed by atoms with Gasteiger partial charge in [0.1, 0.15) is 5.75 Å². The lowest BCUT2D eigenvalue weighted by molar-refractivity contribution is -0.125. The van der Waals surface area contributed by atoms with E-state index in [1.807, 2.05) is 18.2 Å². The van der Waals surface area contributed by atoms with Crippen molar-refractivity contribution >= 4 is 11.6 Å². The van der Waals surface area contributed by atoms with Crippen molar-refractivity contribution in [3.63, 3.8) is 0 Å². The molecule has 1 aliphatic carbocycles. The van der Waals surface area contributed by atoms with Crippen LogP contribution in [-0.2, 0) is 10.3 Å². The van der Waals surface area contributed by atoms with Crippen LogP contribution in [0.3, 0.4) is 0 Å². The second-order valence-electron chi connectivity index (χ2n) is 5.35. The predicted octanol–water partition coefficient (Wildman–Crippen LogP) is 1.77. The molecule has 0 spiro atoms. The number of fused-ring (bicyclic) bond motifs is 1. The molecule has 2 N–H and O–H groups in total. The first kappa shape index (κ1) is 11.5. The third-order valence-corrected chi connectivity index (χ3v) is 4.12. The number of anilines is 1. The van der Waals surface area contributed by atoms with Gasteiger partial charge >= 0.3 is 0 Å². The second-order valence-corrected chi connectivity index (χ2v) is 5.35. The summed E-state index contributed by atoms with van der Waals surface area (Å²) < 4.78 is 5.60. The summed E-state index contributed by atoms with van der Waals surface area (Å²) >= 11 is 0. The number of rotatable bonds is 1. The minimum Gasteiger partial charge on any atom is -0.479 e. The maximum Gasteiger partial charge on any atom is 0.267 e. The van der Waals surface area contributed by atoms with Crippen LogP contribution in [0.15, 0.2) is 18.2 Å². The molecule has 0 radical (unpaired) electrons. The van der Waals surface area contributed by atoms with E-state index in [9.17, 15) is 4.79 Å². The number of nitrogens with two attached hydrogens (primary N) is 1. The number of hydrogen-bond acceptors (Lipinski definition) is 3. The molecule has 4 nitrogen and oxygen atoms in total. The zero-order valence-electron chi connectivity index (χ0n) is 10.8. The lowest BCUT2D eigenvalue weighted by Crippen LogP contribution is -2.44. The number of carbonyl (C=O) groups is 1. The molecule has 4 heteroatoms. The first-order chi connectivity index (χ1) is 8.51. The Morgan fingerprint density at radius 1 is 1.44 bits per heavy atom. The van der Waals surface area contributed by atoms with Crippen molar-refractivity contribution < 1.29 is 9.53 Å². The number of amides is 1. The smallest absolute Gasteiger partial charge is 0.267 e. The average molecular weight is 246 g/mol. The van der Waals surface area contributed by atoms with Gasteiger partial charge in [0.2, 0.25) is 0 Å². The molecule has 2 aliphatic rings. The third kappa shape index (κ3) is 1.52. The fourth-order valence-electron chi connectivity index (χ4n) is 2.67. The number of nitrogens with zero attached hydrogens (tertiary/aromatic N) is 1. The molecule has 0 aromatic heterocycles. The van der Waals surface area contributed by atoms with E-state index in [0.717, 1.165) is 29.8 Å². The van der Waals surface area contributed by atoms with Crippen LogP contribution in [0.4, 0.5) is 5.69 Å². The maximum atomic E-state index is 11.9. The SMILES string of the molecule is CC1Oc2ccc(C3(N)CCC3)cc2N(C)C1=O. The molecule has 1 aliphatic heterocycles. The highest BCUT2D eigenvalue weighted by molar-refractivity contribution is 5.99. The molecular weight excluding hydrogens is 228 g/mol. The molecular formula is C14H18N2O2. The van der Waals surface area contributed by atoms with Crippen LogP contribution in [-0.4, -0.2) is 19.1 Å². The monoisotopic (exact) mass is 246 g/mol. The minimum absolute atomic E-state index is 0.0145. The normalized spacial score (nSPS) is 25.2. The van der Waals surface area contributed by atoms with Crippen molar-refractivity contribution in [3.8, 4) is 5.75 Å². The quantitative estimate of drug-likeness (QED) is 0.821. The Morgan fingerprint density at radius 2 is 2.17 bits per heavy atom. The highest BCUT2D eigenvalue weighted by Crippen LogP contribution is 2.42. The van der Waals surface area contributed by atoms with Crippen LogP contribution < -0.4 is 15.4 Å². The highest BCUT2D eigenvalue weighted by Gasteiger charge is 2.36. The van der Waals surface area contributed by atoms with E-state index in [4.69, 9.17) is 10.5 Å². The van der Waals surface area contributed by atoms with Crippen molar-refractivity contribution in [3.05, 3.63) is 23.8 Å². The van der Waals surface area contributed by atoms with Gasteiger partial charge in [0.25, 0.3) is 5.91 Å². The summed E-state index contributed by atoms with van der Waals surface area (Å²) in [6.07, 6.45) is 2.79. The number of benzene rings is 1. The summed E-state index contributed by atoms with van der Waals surface area (Å²) in [5.74, 6) is 0.746. The van der Waals surface area contributed by atoms with Gasteiger partial charge in [-0.25, -0.2) is 0 Å². The second kappa shape index (κ2) is 3.72. The van der Waals surface area contributed by atoms with Gasteiger partial charge in [-0.3, -0.25) is 4.79 Å². The zero-order chi connectivity index (χ0) is 12.9. The average Bonchev–Trinajstić information content (AvgIpc) is 2.33. The zero-order valence-corrected chi connectivity index (χ0v) is 10.8. The lowest BCUT2D eigenvalue weighted by Gasteiger charge is -2.40. The van der Waals surface area contributed by atoms with Crippen LogP contribution in [0, 0.1) is 0 Å². The van der Waals surface area contributed by atoms with E-state index < -0.39 is 6.10 Å². The number of hydrogen-bond donors (Lipinski definition) is 1. The van der Waals surface area contributed by atoms with E-state index in [0.29, 0.717) is 0 Å². The van der Waals surface area contributed by atoms with Crippen molar-refractivity contribution in [2.24, 2.45) is 5.73 Å². The molecule has 1 atom stereocenters. The number of likely N-dealkylation sites (N-methyl/N-ethyl adjacent to an activating group) is 1. The summed E-state index contributed by atoms with van der Waals surface area (Å²) in [6.45, 7) is 1.77. The number of ether oxygens (including phenoxy) is 1. The van der Waals surface area contributed by atoms with E-state index >= 15 is 0 Å². The molecule has 0 bridgehead atoms. The summed E-state index contributed by atoms with van der Waals surface area (Å²) in [4.78, 5) is 13.6. The largest absolute Gasteiger partial charge is 0.479 e. The Bertz CT molecular complexity index is 509. The minimum atomic E-state index is -0.413. The molecule has 1 saturated carbocycles. The molecule has 1 heterocycles. The van der Waals surface area contributed by atoms with Gasteiger partial charge in [-0.1, -0.05) is 6.07 Å². The third-order valence-electron chi connectivity index (χ3n) is 4.12. The molecule has 96 valence electrons. The Kier molecular flexibility index (Phi) is 2.38. The van der Waals surface area contributed by atoms with Gasteiger partial charge in [-0.05, 0) is 43.9 Å². The standard InChI is InChI=1S/C14H18N2O2/c1-9-13(17)16(2)11-8-10(4-5-12(11)18-9)14(15)6-3-7-14/h4-5,8-9H,3,6-7,15H2,1-2H3. The van der Waals surface area contributed by atoms with Crippen molar-refractivity contribution in [1.82, 2.24) is 0 Å². The van der Waals surface area contributed by atoms with Crippen LogP contribution in [0.5, 0.6) is 5.75 Å². The first-order valence-electron chi connectivity index (χ1n) is 6.39. The maximum absolute atomic E-state index is 11.9. The summed E-state index contributed by atoms with van der Waals surface area (Å²) in [7, 11) is 1.79. The van der Waals surface area contributed by atoms with Crippen LogP contribution in [0.2, 0.25) is 0 Å². The molecule has 1 unspecified atom stereocenters. The van der Waals surface area contributed by atoms with E-state index in [2.05, 4.69) is 0 Å². The fourth-order valence-corrected chi connectivity index (χ4v) is 2.67. The van der Waals surface area contributed by atoms with Gasteiger partial charge in [0, 0.05) is 12.6 Å². The molecule has 18 heavy (non-hydrogen) atoms. The molecule has 1 fully saturated rings. The highest BCUT2D eigenvalue weighted by atomic mass is 16.5. The van der Waals surface area contributed by atoms with Crippen molar-refractivity contribution in [2.75, 3.05) is 11.9 Å². The molecule has 0 saturated heterocycles. The van der Waals surface area contributed by atoms with Crippen molar-refractivity contribution in [1.29, 1.82) is 0 Å². The van der Waals surface area contributed by atoms with E-state index in [1.165, 1.54) is 6.42 Å². The first-order valence-corrected chi connectivity index (χ1v) is 6.39. The Balaban J connectivity index is 2.02. The summed E-state index contributed by atoms with van der Waals surface area (Å²) in [5, 5.41) is 0. The van der Waals surface area contributed by atoms with Gasteiger partial charge < -0.3 is 15.4 Å². The fraction of sp³-hybridized carbons (Fsp3) is 0.500. The van der Waals surface area contributed by atoms with E-state index in [1.54, 1.807) is 18.9 Å². The Morgan fingerprint density at radius 3 is 2.78 bits per heavy atom. The summed E-state index contributed by atoms with van der Waals surface area (Å²) in [6, 6.07) is 5.95. The Hall–Kier alpha value is -1.55. The van der Waals surface area contributed by atoms with Crippen LogP contribution in [0.1, 0.15) is 31.7 Å². The molecule has 1 aromatic rings. The van der Waals surface area contributed by atoms with Gasteiger partial charge in [0.15, 0.2) is 6.10 Å². The molecule has 1 aromatic carbocycles. The summed E-state index contributed by atoms with van der Waals surface area (Å²) in [5.41, 5.74) is 8.04. The molecule has 1 amide bonds. The predicted molar refractivity (Wildman–Crippen MR) is 69.7 cm³/mol.